The van der Waals surface area contributed by atoms with Gasteiger partial charge in [-0.1, -0.05) is 6.07 Å². The maximum absolute atomic E-state index is 13.5. The van der Waals surface area contributed by atoms with Crippen molar-refractivity contribution < 1.29 is 14.2 Å². The summed E-state index contributed by atoms with van der Waals surface area (Å²) in [5, 5.41) is 12.6. The van der Waals surface area contributed by atoms with Crippen LogP contribution in [-0.4, -0.2) is 49.9 Å². The molecule has 0 saturated carbocycles. The molecule has 1 heterocycles. The van der Waals surface area contributed by atoms with Crippen LogP contribution < -0.4 is 10.1 Å². The zero-order valence-corrected chi connectivity index (χ0v) is 11.2. The van der Waals surface area contributed by atoms with Gasteiger partial charge in [-0.3, -0.25) is 4.90 Å². The molecule has 0 amide bonds. The van der Waals surface area contributed by atoms with Crippen LogP contribution >= 0.6 is 0 Å². The average Bonchev–Trinajstić information content (AvgIpc) is 2.46. The van der Waals surface area contributed by atoms with Crippen LogP contribution in [0.4, 0.5) is 4.39 Å². The number of aliphatic hydroxyl groups is 1. The first-order valence-electron chi connectivity index (χ1n) is 6.65. The van der Waals surface area contributed by atoms with Crippen molar-refractivity contribution in [3.8, 4) is 5.75 Å². The third kappa shape index (κ3) is 3.43. The van der Waals surface area contributed by atoms with Crippen molar-refractivity contribution in [2.24, 2.45) is 0 Å². The number of nitrogens with one attached hydrogen (secondary N) is 1. The lowest BCUT2D eigenvalue weighted by Crippen LogP contribution is -2.45. The number of piperazine rings is 1. The summed E-state index contributed by atoms with van der Waals surface area (Å²) < 4.78 is 18.5. The number of ether oxygens (including phenoxy) is 1. The lowest BCUT2D eigenvalue weighted by molar-refractivity contribution is 0.141. The SMILES string of the molecule is COc1cc([C@@H](CCO)N2CCNCC2)ccc1F. The maximum atomic E-state index is 13.5. The monoisotopic (exact) mass is 268 g/mol. The number of hydrogen-bond acceptors (Lipinski definition) is 4. The highest BCUT2D eigenvalue weighted by atomic mass is 19.1. The molecular weight excluding hydrogens is 247 g/mol. The maximum Gasteiger partial charge on any atom is 0.165 e. The zero-order chi connectivity index (χ0) is 13.7. The summed E-state index contributed by atoms with van der Waals surface area (Å²) in [7, 11) is 1.47. The zero-order valence-electron chi connectivity index (χ0n) is 11.2. The van der Waals surface area contributed by atoms with Gasteiger partial charge in [-0.2, -0.15) is 0 Å². The van der Waals surface area contributed by atoms with E-state index in [0.717, 1.165) is 31.7 Å². The Morgan fingerprint density at radius 3 is 2.79 bits per heavy atom. The molecule has 0 spiro atoms. The molecule has 106 valence electrons. The van der Waals surface area contributed by atoms with E-state index in [1.54, 1.807) is 12.1 Å². The highest BCUT2D eigenvalue weighted by Crippen LogP contribution is 2.28. The minimum absolute atomic E-state index is 0.113. The number of methoxy groups -OCH3 is 1. The van der Waals surface area contributed by atoms with Gasteiger partial charge in [-0.15, -0.1) is 0 Å². The van der Waals surface area contributed by atoms with Crippen LogP contribution in [0.3, 0.4) is 0 Å². The Labute approximate surface area is 113 Å². The number of benzene rings is 1. The average molecular weight is 268 g/mol. The van der Waals surface area contributed by atoms with Gasteiger partial charge in [0.05, 0.1) is 7.11 Å². The Kier molecular flexibility index (Phi) is 5.13. The minimum Gasteiger partial charge on any atom is -0.494 e. The number of halogens is 1. The van der Waals surface area contributed by atoms with E-state index >= 15 is 0 Å². The second kappa shape index (κ2) is 6.84. The molecule has 5 heteroatoms. The minimum atomic E-state index is -0.352. The van der Waals surface area contributed by atoms with E-state index in [1.807, 2.05) is 0 Å². The number of hydrogen-bond donors (Lipinski definition) is 2. The third-order valence-electron chi connectivity index (χ3n) is 3.55. The Hall–Kier alpha value is -1.17. The Bertz CT molecular complexity index is 408. The molecule has 1 aliphatic heterocycles. The van der Waals surface area contributed by atoms with Gasteiger partial charge >= 0.3 is 0 Å². The van der Waals surface area contributed by atoms with Gasteiger partial charge in [0, 0.05) is 38.8 Å². The molecule has 1 saturated heterocycles. The number of nitrogens with zero attached hydrogens (tertiary/aromatic N) is 1. The molecule has 0 radical (unpaired) electrons. The molecule has 1 aliphatic rings. The van der Waals surface area contributed by atoms with Crippen molar-refractivity contribution in [2.45, 2.75) is 12.5 Å². The van der Waals surface area contributed by atoms with E-state index in [4.69, 9.17) is 4.74 Å². The molecule has 1 atom stereocenters. The van der Waals surface area contributed by atoms with Crippen LogP contribution in [0.15, 0.2) is 18.2 Å². The summed E-state index contributed by atoms with van der Waals surface area (Å²) in [4.78, 5) is 2.32. The van der Waals surface area contributed by atoms with Gasteiger partial charge in [-0.25, -0.2) is 4.39 Å². The molecular formula is C14H21FN2O2. The van der Waals surface area contributed by atoms with Gasteiger partial charge < -0.3 is 15.2 Å². The van der Waals surface area contributed by atoms with Crippen LogP contribution in [0.2, 0.25) is 0 Å². The summed E-state index contributed by atoms with van der Waals surface area (Å²) in [5.74, 6) is -0.0927. The fourth-order valence-electron chi connectivity index (χ4n) is 2.56. The highest BCUT2D eigenvalue weighted by Gasteiger charge is 2.22. The first-order valence-corrected chi connectivity index (χ1v) is 6.65. The van der Waals surface area contributed by atoms with Crippen molar-refractivity contribution in [3.63, 3.8) is 0 Å². The van der Waals surface area contributed by atoms with E-state index in [-0.39, 0.29) is 24.2 Å². The molecule has 0 aromatic heterocycles. The molecule has 2 N–H and O–H groups in total. The second-order valence-electron chi connectivity index (χ2n) is 4.71. The van der Waals surface area contributed by atoms with Gasteiger partial charge in [0.1, 0.15) is 0 Å². The molecule has 1 aromatic rings. The predicted octanol–water partition coefficient (Wildman–Crippen LogP) is 1.16. The fourth-order valence-corrected chi connectivity index (χ4v) is 2.56. The first-order chi connectivity index (χ1) is 9.26. The van der Waals surface area contributed by atoms with Crippen LogP contribution in [0.25, 0.3) is 0 Å². The standard InChI is InChI=1S/C14H21FN2O2/c1-19-14-10-11(2-3-12(14)15)13(4-9-18)17-7-5-16-6-8-17/h2-3,10,13,16,18H,4-9H2,1H3/t13-/m1/s1. The Morgan fingerprint density at radius 2 is 2.16 bits per heavy atom. The van der Waals surface area contributed by atoms with Crippen molar-refractivity contribution in [2.75, 3.05) is 39.9 Å². The summed E-state index contributed by atoms with van der Waals surface area (Å²) >= 11 is 0. The molecule has 4 nitrogen and oxygen atoms in total. The number of aliphatic hydroxyl groups excluding tert-OH is 1. The molecule has 0 unspecified atom stereocenters. The molecule has 0 aliphatic carbocycles. The van der Waals surface area contributed by atoms with Crippen molar-refractivity contribution in [1.82, 2.24) is 10.2 Å². The summed E-state index contributed by atoms with van der Waals surface area (Å²) in [6, 6.07) is 5.06. The topological polar surface area (TPSA) is 44.7 Å². The van der Waals surface area contributed by atoms with Crippen molar-refractivity contribution in [1.29, 1.82) is 0 Å². The second-order valence-corrected chi connectivity index (χ2v) is 4.71. The Balaban J connectivity index is 2.22. The summed E-state index contributed by atoms with van der Waals surface area (Å²) in [6.45, 7) is 3.88. The lowest BCUT2D eigenvalue weighted by Gasteiger charge is -2.35. The molecule has 1 aromatic carbocycles. The van der Waals surface area contributed by atoms with E-state index in [1.165, 1.54) is 13.2 Å². The summed E-state index contributed by atoms with van der Waals surface area (Å²) in [5.41, 5.74) is 0.995. The molecule has 2 rings (SSSR count). The van der Waals surface area contributed by atoms with Crippen LogP contribution in [-0.2, 0) is 0 Å². The molecule has 19 heavy (non-hydrogen) atoms. The number of rotatable bonds is 5. The van der Waals surface area contributed by atoms with Crippen molar-refractivity contribution >= 4 is 0 Å². The molecule has 0 bridgehead atoms. The smallest absolute Gasteiger partial charge is 0.165 e. The molecule has 1 fully saturated rings. The Morgan fingerprint density at radius 1 is 1.42 bits per heavy atom. The lowest BCUT2D eigenvalue weighted by atomic mass is 10.0. The van der Waals surface area contributed by atoms with Crippen LogP contribution in [0.5, 0.6) is 5.75 Å². The van der Waals surface area contributed by atoms with E-state index in [0.29, 0.717) is 6.42 Å². The highest BCUT2D eigenvalue weighted by molar-refractivity contribution is 5.32. The van der Waals surface area contributed by atoms with Crippen LogP contribution in [0.1, 0.15) is 18.0 Å². The normalized spacial score (nSPS) is 18.3. The predicted molar refractivity (Wildman–Crippen MR) is 71.8 cm³/mol. The fraction of sp³-hybridized carbons (Fsp3) is 0.571. The van der Waals surface area contributed by atoms with Gasteiger partial charge in [0.25, 0.3) is 0 Å². The summed E-state index contributed by atoms with van der Waals surface area (Å²) in [6.07, 6.45) is 0.648. The van der Waals surface area contributed by atoms with Gasteiger partial charge in [0.2, 0.25) is 0 Å². The third-order valence-corrected chi connectivity index (χ3v) is 3.55. The quantitative estimate of drug-likeness (QED) is 0.841. The van der Waals surface area contributed by atoms with Gasteiger partial charge in [0.15, 0.2) is 11.6 Å². The first kappa shape index (κ1) is 14.2. The van der Waals surface area contributed by atoms with Crippen LogP contribution in [0, 0.1) is 5.82 Å². The van der Waals surface area contributed by atoms with E-state index < -0.39 is 0 Å². The van der Waals surface area contributed by atoms with Gasteiger partial charge in [-0.05, 0) is 24.1 Å². The van der Waals surface area contributed by atoms with Crippen molar-refractivity contribution in [3.05, 3.63) is 29.6 Å². The van der Waals surface area contributed by atoms with E-state index in [2.05, 4.69) is 10.2 Å². The largest absolute Gasteiger partial charge is 0.494 e. The van der Waals surface area contributed by atoms with E-state index in [9.17, 15) is 9.50 Å².